The first kappa shape index (κ1) is 29.1. The zero-order valence-electron chi connectivity index (χ0n) is 27.7. The van der Waals surface area contributed by atoms with Gasteiger partial charge in [-0.15, -0.1) is 0 Å². The molecule has 0 radical (unpaired) electrons. The molecular weight excluding hydrogens is 619 g/mol. The van der Waals surface area contributed by atoms with Crippen LogP contribution in [0, 0.1) is 0 Å². The summed E-state index contributed by atoms with van der Waals surface area (Å²) in [7, 11) is 0. The Labute approximate surface area is 296 Å². The van der Waals surface area contributed by atoms with Gasteiger partial charge >= 0.3 is 0 Å². The molecule has 0 unspecified atom stereocenters. The molecule has 0 atom stereocenters. The first-order valence-electron chi connectivity index (χ1n) is 17.3. The third-order valence-corrected chi connectivity index (χ3v) is 10.1. The van der Waals surface area contributed by atoms with Crippen molar-refractivity contribution < 1.29 is 0 Å². The molecule has 51 heavy (non-hydrogen) atoms. The van der Waals surface area contributed by atoms with Crippen molar-refractivity contribution in [1.29, 1.82) is 0 Å². The van der Waals surface area contributed by atoms with E-state index in [9.17, 15) is 0 Å². The van der Waals surface area contributed by atoms with Gasteiger partial charge in [0.05, 0.1) is 0 Å². The van der Waals surface area contributed by atoms with E-state index in [2.05, 4.69) is 167 Å². The quantitative estimate of drug-likeness (QED) is 0.179. The number of rotatable bonds is 6. The maximum atomic E-state index is 4.59. The van der Waals surface area contributed by atoms with Crippen molar-refractivity contribution in [2.45, 2.75) is 0 Å². The molecule has 0 amide bonds. The number of benzene rings is 8. The van der Waals surface area contributed by atoms with Crippen molar-refractivity contribution in [3.8, 4) is 55.6 Å². The number of anilines is 3. The van der Waals surface area contributed by atoms with E-state index in [1.54, 1.807) is 12.4 Å². The van der Waals surface area contributed by atoms with Gasteiger partial charge in [-0.2, -0.15) is 0 Å². The number of para-hydroxylation sites is 1. The third kappa shape index (κ3) is 4.67. The average molecular weight is 650 g/mol. The summed E-state index contributed by atoms with van der Waals surface area (Å²) in [5.74, 6) is 0.635. The van der Waals surface area contributed by atoms with E-state index < -0.39 is 0 Å². The van der Waals surface area contributed by atoms with E-state index in [1.807, 2.05) is 24.3 Å². The second-order valence-corrected chi connectivity index (χ2v) is 12.9. The fraction of sp³-hybridized carbons (Fsp3) is 0. The maximum Gasteiger partial charge on any atom is 0.234 e. The summed E-state index contributed by atoms with van der Waals surface area (Å²) < 4.78 is 0. The molecule has 0 N–H and O–H groups in total. The average Bonchev–Trinajstić information content (AvgIpc) is 3.54. The Morgan fingerprint density at radius 2 is 0.804 bits per heavy atom. The zero-order chi connectivity index (χ0) is 33.7. The van der Waals surface area contributed by atoms with Gasteiger partial charge in [0.15, 0.2) is 0 Å². The van der Waals surface area contributed by atoms with Crippen molar-refractivity contribution in [2.75, 3.05) is 4.90 Å². The molecule has 0 fully saturated rings. The lowest BCUT2D eigenvalue weighted by Crippen LogP contribution is -2.12. The van der Waals surface area contributed by atoms with Crippen molar-refractivity contribution in [2.24, 2.45) is 0 Å². The van der Waals surface area contributed by atoms with Crippen LogP contribution in [0.1, 0.15) is 0 Å². The highest BCUT2D eigenvalue weighted by atomic mass is 15.3. The monoisotopic (exact) mass is 649 g/mol. The molecule has 0 spiro atoms. The van der Waals surface area contributed by atoms with E-state index in [4.69, 9.17) is 0 Å². The van der Waals surface area contributed by atoms with Crippen LogP contribution in [-0.4, -0.2) is 9.97 Å². The van der Waals surface area contributed by atoms with E-state index in [1.165, 1.54) is 71.6 Å². The Morgan fingerprint density at radius 1 is 0.314 bits per heavy atom. The normalized spacial score (nSPS) is 11.5. The summed E-state index contributed by atoms with van der Waals surface area (Å²) >= 11 is 0. The minimum atomic E-state index is 0.635. The highest BCUT2D eigenvalue weighted by Gasteiger charge is 2.31. The van der Waals surface area contributed by atoms with Crippen LogP contribution in [0.4, 0.5) is 17.3 Å². The van der Waals surface area contributed by atoms with Gasteiger partial charge in [-0.1, -0.05) is 146 Å². The van der Waals surface area contributed by atoms with Crippen LogP contribution < -0.4 is 4.90 Å². The van der Waals surface area contributed by atoms with Crippen LogP contribution >= 0.6 is 0 Å². The smallest absolute Gasteiger partial charge is 0.234 e. The van der Waals surface area contributed by atoms with E-state index in [0.717, 1.165) is 16.9 Å². The van der Waals surface area contributed by atoms with Gasteiger partial charge in [-0.05, 0) is 108 Å². The van der Waals surface area contributed by atoms with Gasteiger partial charge in [0.2, 0.25) is 5.95 Å². The number of hydrogen-bond donors (Lipinski definition) is 0. The Balaban J connectivity index is 1.19. The molecule has 3 heteroatoms. The topological polar surface area (TPSA) is 29.0 Å². The summed E-state index contributed by atoms with van der Waals surface area (Å²) in [6, 6.07) is 63.1. The van der Waals surface area contributed by atoms with Gasteiger partial charge in [0.25, 0.3) is 0 Å². The van der Waals surface area contributed by atoms with Gasteiger partial charge < -0.3 is 0 Å². The molecule has 3 nitrogen and oxygen atoms in total. The van der Waals surface area contributed by atoms with Crippen LogP contribution in [0.2, 0.25) is 0 Å². The van der Waals surface area contributed by atoms with E-state index in [-0.39, 0.29) is 0 Å². The minimum absolute atomic E-state index is 0.635. The largest absolute Gasteiger partial charge is 0.279 e. The molecule has 1 aromatic heterocycles. The Morgan fingerprint density at radius 3 is 1.41 bits per heavy atom. The molecule has 238 valence electrons. The van der Waals surface area contributed by atoms with E-state index >= 15 is 0 Å². The Bertz CT molecular complexity index is 2580. The predicted molar refractivity (Wildman–Crippen MR) is 212 cm³/mol. The molecule has 8 aromatic carbocycles. The summed E-state index contributed by atoms with van der Waals surface area (Å²) in [6.45, 7) is 0. The fourth-order valence-corrected chi connectivity index (χ4v) is 8.02. The maximum absolute atomic E-state index is 4.59. The Hall–Kier alpha value is -6.84. The highest BCUT2D eigenvalue weighted by Crippen LogP contribution is 2.58. The van der Waals surface area contributed by atoms with Crippen LogP contribution in [0.25, 0.3) is 77.2 Å². The Kier molecular flexibility index (Phi) is 6.81. The molecule has 0 bridgehead atoms. The zero-order valence-corrected chi connectivity index (χ0v) is 27.7. The lowest BCUT2D eigenvalue weighted by molar-refractivity contribution is 1.08. The SMILES string of the molecule is c1ccc(-c2c3c(c(-c4ccccc4)c4ccccc24)-c2ccc(-c4ccc(N(c5ccccc5)c5ncccn5)cc4)c4cccc-3c24)cc1. The van der Waals surface area contributed by atoms with Crippen LogP contribution in [0.5, 0.6) is 0 Å². The lowest BCUT2D eigenvalue weighted by atomic mass is 9.82. The highest BCUT2D eigenvalue weighted by molar-refractivity contribution is 6.28. The van der Waals surface area contributed by atoms with Gasteiger partial charge in [0, 0.05) is 23.8 Å². The summed E-state index contributed by atoms with van der Waals surface area (Å²) in [6.07, 6.45) is 3.57. The molecule has 1 aliphatic carbocycles. The van der Waals surface area contributed by atoms with Crippen LogP contribution in [-0.2, 0) is 0 Å². The van der Waals surface area contributed by atoms with Crippen molar-refractivity contribution in [3.63, 3.8) is 0 Å². The standard InChI is InChI=1S/C48H31N3/c1-4-14-33(15-5-1)43-39-20-10-11-21-40(39)44(34-16-6-2-7-17-34)47-42-29-28-37(38-22-12-23-41(45(38)42)46(43)47)32-24-26-36(27-25-32)51(35-18-8-3-9-19-35)48-49-30-13-31-50-48/h1-31H. The number of hydrogen-bond acceptors (Lipinski definition) is 3. The van der Waals surface area contributed by atoms with E-state index in [0.29, 0.717) is 5.95 Å². The minimum Gasteiger partial charge on any atom is -0.279 e. The van der Waals surface area contributed by atoms with Crippen molar-refractivity contribution in [3.05, 3.63) is 188 Å². The second-order valence-electron chi connectivity index (χ2n) is 12.9. The molecule has 0 aliphatic heterocycles. The van der Waals surface area contributed by atoms with Gasteiger partial charge in [-0.3, -0.25) is 4.90 Å². The van der Waals surface area contributed by atoms with Gasteiger partial charge in [0.1, 0.15) is 0 Å². The molecule has 1 heterocycles. The lowest BCUT2D eigenvalue weighted by Gasteiger charge is -2.23. The molecule has 0 saturated carbocycles. The summed E-state index contributed by atoms with van der Waals surface area (Å²) in [5.41, 5.74) is 14.6. The fourth-order valence-electron chi connectivity index (χ4n) is 8.02. The number of fused-ring (bicyclic) bond motifs is 4. The third-order valence-electron chi connectivity index (χ3n) is 10.1. The molecule has 9 aromatic rings. The molecule has 10 rings (SSSR count). The molecule has 1 aliphatic rings. The summed E-state index contributed by atoms with van der Waals surface area (Å²) in [5, 5.41) is 5.10. The number of aromatic nitrogens is 2. The van der Waals surface area contributed by atoms with Crippen molar-refractivity contribution >= 4 is 38.9 Å². The first-order chi connectivity index (χ1) is 25.3. The first-order valence-corrected chi connectivity index (χ1v) is 17.3. The van der Waals surface area contributed by atoms with Gasteiger partial charge in [-0.25, -0.2) is 9.97 Å². The van der Waals surface area contributed by atoms with Crippen LogP contribution in [0.15, 0.2) is 188 Å². The molecular formula is C48H31N3. The summed E-state index contributed by atoms with van der Waals surface area (Å²) in [4.78, 5) is 11.3. The second kappa shape index (κ2) is 11.9. The van der Waals surface area contributed by atoms with Crippen molar-refractivity contribution in [1.82, 2.24) is 9.97 Å². The predicted octanol–water partition coefficient (Wildman–Crippen LogP) is 12.9. The molecule has 0 saturated heterocycles. The van der Waals surface area contributed by atoms with Crippen LogP contribution in [0.3, 0.4) is 0 Å². The number of nitrogens with zero attached hydrogens (tertiary/aromatic N) is 3.